The van der Waals surface area contributed by atoms with Gasteiger partial charge >= 0.3 is 6.09 Å². The minimum Gasteiger partial charge on any atom is -0.497 e. The highest BCUT2D eigenvalue weighted by Crippen LogP contribution is 2.34. The highest BCUT2D eigenvalue weighted by Gasteiger charge is 2.47. The molecule has 5 rings (SSSR count). The number of nitrogens with one attached hydrogen (secondary N) is 3. The molecular formula is C35H51N5O8S2. The second-order valence-corrected chi connectivity index (χ2v) is 16.6. The summed E-state index contributed by atoms with van der Waals surface area (Å²) in [6, 6.07) is 11.5. The number of hydrogen-bond donors (Lipinski definition) is 4. The highest BCUT2D eigenvalue weighted by atomic mass is 32.2. The predicted octanol–water partition coefficient (Wildman–Crippen LogP) is 4.21. The number of sulfonamides is 1. The molecule has 50 heavy (non-hydrogen) atoms. The number of rotatable bonds is 16. The number of amides is 1. The number of anilines is 1. The van der Waals surface area contributed by atoms with Gasteiger partial charge in [-0.25, -0.2) is 18.2 Å². The molecule has 0 aliphatic carbocycles. The van der Waals surface area contributed by atoms with Crippen molar-refractivity contribution in [2.75, 3.05) is 45.3 Å². The van der Waals surface area contributed by atoms with Gasteiger partial charge in [0.1, 0.15) is 11.9 Å². The van der Waals surface area contributed by atoms with Crippen LogP contribution in [0.5, 0.6) is 5.75 Å². The molecule has 0 unspecified atom stereocenters. The molecule has 3 aromatic rings. The fourth-order valence-electron chi connectivity index (χ4n) is 6.49. The van der Waals surface area contributed by atoms with E-state index in [0.29, 0.717) is 36.0 Å². The molecule has 1 aromatic heterocycles. The fraction of sp³-hybridized carbons (Fsp3) is 0.600. The molecule has 2 aromatic carbocycles. The van der Waals surface area contributed by atoms with Crippen molar-refractivity contribution in [3.05, 3.63) is 48.0 Å². The Morgan fingerprint density at radius 3 is 2.66 bits per heavy atom. The second kappa shape index (κ2) is 17.0. The van der Waals surface area contributed by atoms with Gasteiger partial charge in [0, 0.05) is 31.6 Å². The quantitative estimate of drug-likeness (QED) is 0.167. The summed E-state index contributed by atoms with van der Waals surface area (Å²) >= 11 is 1.39. The lowest BCUT2D eigenvalue weighted by molar-refractivity contribution is -0.180. The average molecular weight is 734 g/mol. The van der Waals surface area contributed by atoms with Crippen LogP contribution in [0.2, 0.25) is 0 Å². The lowest BCUT2D eigenvalue weighted by atomic mass is 9.91. The molecule has 3 heterocycles. The number of alkyl carbamates (subject to hydrolysis) is 1. The van der Waals surface area contributed by atoms with Crippen LogP contribution in [0.15, 0.2) is 47.4 Å². The lowest BCUT2D eigenvalue weighted by Gasteiger charge is -2.35. The fourth-order valence-corrected chi connectivity index (χ4v) is 9.26. The maximum atomic E-state index is 14.2. The third-order valence-corrected chi connectivity index (χ3v) is 11.6. The van der Waals surface area contributed by atoms with Gasteiger partial charge in [-0.1, -0.05) is 44.2 Å². The molecule has 1 amide bonds. The van der Waals surface area contributed by atoms with Crippen molar-refractivity contribution >= 4 is 42.8 Å². The number of carbonyl (C=O) groups is 1. The molecule has 13 nitrogen and oxygen atoms in total. The number of hydrogen-bond acceptors (Lipinski definition) is 12. The molecule has 0 bridgehead atoms. The first kappa shape index (κ1) is 38.2. The maximum absolute atomic E-state index is 14.2. The summed E-state index contributed by atoms with van der Waals surface area (Å²) in [4.78, 5) is 18.2. The molecular weight excluding hydrogens is 683 g/mol. The zero-order chi connectivity index (χ0) is 36.0. The summed E-state index contributed by atoms with van der Waals surface area (Å²) in [7, 11) is -2.49. The van der Waals surface area contributed by atoms with Gasteiger partial charge in [-0.15, -0.1) is 0 Å². The summed E-state index contributed by atoms with van der Waals surface area (Å²) in [5.74, 6) is 0.396. The van der Waals surface area contributed by atoms with Gasteiger partial charge < -0.3 is 40.0 Å². The Balaban J connectivity index is 1.38. The van der Waals surface area contributed by atoms with Gasteiger partial charge in [0.05, 0.1) is 53.5 Å². The molecule has 0 saturated carbocycles. The Bertz CT molecular complexity index is 1690. The number of likely N-dealkylation sites (N-methyl/N-ethyl adjacent to an activating group) is 1. The van der Waals surface area contributed by atoms with E-state index in [1.165, 1.54) is 15.6 Å². The van der Waals surface area contributed by atoms with Crippen molar-refractivity contribution in [1.82, 2.24) is 19.9 Å². The molecule has 4 N–H and O–H groups in total. The van der Waals surface area contributed by atoms with Crippen molar-refractivity contribution in [2.45, 2.75) is 89.0 Å². The number of fused-ring (bicyclic) bond motifs is 2. The van der Waals surface area contributed by atoms with Crippen LogP contribution in [0.1, 0.15) is 46.6 Å². The van der Waals surface area contributed by atoms with Crippen LogP contribution in [0.25, 0.3) is 10.2 Å². The van der Waals surface area contributed by atoms with Crippen molar-refractivity contribution in [3.8, 4) is 5.75 Å². The third kappa shape index (κ3) is 9.43. The van der Waals surface area contributed by atoms with Gasteiger partial charge in [0.25, 0.3) is 0 Å². The average Bonchev–Trinajstić information content (AvgIpc) is 3.67. The van der Waals surface area contributed by atoms with Gasteiger partial charge in [-0.05, 0) is 68.6 Å². The van der Waals surface area contributed by atoms with Gasteiger partial charge in [0.2, 0.25) is 10.0 Å². The monoisotopic (exact) mass is 733 g/mol. The number of aromatic nitrogens is 1. The predicted molar refractivity (Wildman–Crippen MR) is 193 cm³/mol. The summed E-state index contributed by atoms with van der Waals surface area (Å²) in [5, 5.41) is 22.1. The number of thiazole rings is 1. The van der Waals surface area contributed by atoms with Gasteiger partial charge in [-0.3, -0.25) is 0 Å². The summed E-state index contributed by atoms with van der Waals surface area (Å²) in [6.45, 7) is 11.3. The van der Waals surface area contributed by atoms with Crippen LogP contribution in [-0.2, 0) is 30.7 Å². The van der Waals surface area contributed by atoms with Gasteiger partial charge in [-0.2, -0.15) is 4.31 Å². The topological polar surface area (TPSA) is 161 Å². The first-order valence-electron chi connectivity index (χ1n) is 17.3. The van der Waals surface area contributed by atoms with E-state index < -0.39 is 40.7 Å². The number of methoxy groups -OCH3 is 1. The van der Waals surface area contributed by atoms with E-state index in [4.69, 9.17) is 18.9 Å². The summed E-state index contributed by atoms with van der Waals surface area (Å²) < 4.78 is 53.4. The number of benzene rings is 2. The molecule has 2 fully saturated rings. The Morgan fingerprint density at radius 2 is 1.94 bits per heavy atom. The zero-order valence-corrected chi connectivity index (χ0v) is 31.3. The van der Waals surface area contributed by atoms with Crippen molar-refractivity contribution in [2.24, 2.45) is 11.8 Å². The highest BCUT2D eigenvalue weighted by molar-refractivity contribution is 7.89. The Morgan fingerprint density at radius 1 is 1.14 bits per heavy atom. The molecule has 0 spiro atoms. The zero-order valence-electron chi connectivity index (χ0n) is 29.6. The number of ether oxygens (including phenoxy) is 4. The van der Waals surface area contributed by atoms with E-state index in [1.54, 1.807) is 31.4 Å². The van der Waals surface area contributed by atoms with Crippen LogP contribution in [0.3, 0.4) is 0 Å². The lowest BCUT2D eigenvalue weighted by Crippen LogP contribution is -2.53. The Kier molecular flexibility index (Phi) is 13.0. The first-order chi connectivity index (χ1) is 23.9. The van der Waals surface area contributed by atoms with E-state index in [0.717, 1.165) is 16.8 Å². The number of carbonyl (C=O) groups excluding carboxylic acids is 1. The Hall–Kier alpha value is -3.05. The standard InChI is InChI=1S/C35H51N5O8S2/c1-7-36-28-20-47-33-32(28)30(13-14-46-33)48-35(42)39-27(16-23-9-8-10-24(15-23)45-6)29(41)19-40(18-21(2)3)50(43,44)25-11-12-26-31(17-25)49-34(38-26)37-22(4)5/h8-12,15,17,21-22,27-30,32-33,36,41H,7,13-14,16,18-20H2,1-6H3,(H,37,38)(H,39,42)/t27-,28-,29+,30-,32-,33-/m0/s1. The minimum absolute atomic E-state index is 0.0293. The number of nitrogens with zero attached hydrogens (tertiary/aromatic N) is 2. The number of aliphatic hydroxyl groups excluding tert-OH is 1. The summed E-state index contributed by atoms with van der Waals surface area (Å²) in [6.07, 6.45) is -2.23. The molecule has 15 heteroatoms. The van der Waals surface area contributed by atoms with Crippen LogP contribution in [0.4, 0.5) is 9.93 Å². The van der Waals surface area contributed by atoms with Crippen LogP contribution in [0, 0.1) is 11.8 Å². The van der Waals surface area contributed by atoms with Crippen molar-refractivity contribution in [3.63, 3.8) is 0 Å². The van der Waals surface area contributed by atoms with Gasteiger partial charge in [0.15, 0.2) is 11.4 Å². The number of aliphatic hydroxyl groups is 1. The van der Waals surface area contributed by atoms with Crippen LogP contribution < -0.4 is 20.7 Å². The third-order valence-electron chi connectivity index (χ3n) is 8.78. The smallest absolute Gasteiger partial charge is 0.407 e. The van der Waals surface area contributed by atoms with Crippen LogP contribution in [-0.4, -0.2) is 105 Å². The normalized spacial score (nSPS) is 22.1. The molecule has 6 atom stereocenters. The largest absolute Gasteiger partial charge is 0.497 e. The molecule has 2 aliphatic heterocycles. The minimum atomic E-state index is -4.05. The molecule has 276 valence electrons. The second-order valence-electron chi connectivity index (χ2n) is 13.6. The maximum Gasteiger partial charge on any atom is 0.407 e. The van der Waals surface area contributed by atoms with Crippen LogP contribution >= 0.6 is 11.3 Å². The van der Waals surface area contributed by atoms with E-state index in [2.05, 4.69) is 20.9 Å². The SMILES string of the molecule is CCN[C@H]1CO[C@@H]2OCC[C@H](OC(=O)N[C@@H](Cc3cccc(OC)c3)[C@H](O)CN(CC(C)C)S(=O)(=O)c3ccc4nc(NC(C)C)sc4c3)[C@@H]21. The van der Waals surface area contributed by atoms with E-state index in [9.17, 15) is 18.3 Å². The van der Waals surface area contributed by atoms with Crippen molar-refractivity contribution < 1.29 is 37.3 Å². The first-order valence-corrected chi connectivity index (χ1v) is 19.6. The van der Waals surface area contributed by atoms with E-state index in [-0.39, 0.29) is 48.3 Å². The molecule has 2 saturated heterocycles. The Labute approximate surface area is 299 Å². The summed E-state index contributed by atoms with van der Waals surface area (Å²) in [5.41, 5.74) is 1.49. The van der Waals surface area contributed by atoms with E-state index >= 15 is 0 Å². The molecule has 0 radical (unpaired) electrons. The van der Waals surface area contributed by atoms with Crippen molar-refractivity contribution in [1.29, 1.82) is 0 Å². The van der Waals surface area contributed by atoms with E-state index in [1.807, 2.05) is 52.8 Å². The molecule has 2 aliphatic rings.